The zero-order valence-corrected chi connectivity index (χ0v) is 20.6. The molecule has 2 aliphatic rings. The van der Waals surface area contributed by atoms with Gasteiger partial charge in [-0.3, -0.25) is 0 Å². The highest BCUT2D eigenvalue weighted by molar-refractivity contribution is 5.69. The first-order valence-corrected chi connectivity index (χ1v) is 12.4. The molecule has 1 aliphatic carbocycles. The lowest BCUT2D eigenvalue weighted by molar-refractivity contribution is -0.0695. The number of benzene rings is 1. The first-order valence-electron chi connectivity index (χ1n) is 12.4. The average molecular weight is 459 g/mol. The lowest BCUT2D eigenvalue weighted by Crippen LogP contribution is -2.65. The molecule has 6 heteroatoms. The van der Waals surface area contributed by atoms with Gasteiger partial charge < -0.3 is 24.8 Å². The molecule has 33 heavy (non-hydrogen) atoms. The molecule has 3 rings (SSSR count). The van der Waals surface area contributed by atoms with Crippen molar-refractivity contribution in [2.45, 2.75) is 102 Å². The van der Waals surface area contributed by atoms with Gasteiger partial charge in [0.25, 0.3) is 0 Å². The van der Waals surface area contributed by atoms with Gasteiger partial charge in [-0.25, -0.2) is 4.79 Å². The van der Waals surface area contributed by atoms with Crippen molar-refractivity contribution in [1.29, 1.82) is 0 Å². The number of nitrogens with zero attached hydrogens (tertiary/aromatic N) is 1. The summed E-state index contributed by atoms with van der Waals surface area (Å²) in [5.41, 5.74) is 6.93. The lowest BCUT2D eigenvalue weighted by atomic mass is 9.79. The molecule has 6 nitrogen and oxygen atoms in total. The van der Waals surface area contributed by atoms with Crippen LogP contribution in [0.25, 0.3) is 0 Å². The maximum Gasteiger partial charge on any atom is 0.410 e. The fraction of sp³-hybridized carbons (Fsp3) is 0.667. The number of ether oxygens (including phenoxy) is 3. The third-order valence-electron chi connectivity index (χ3n) is 6.67. The molecule has 184 valence electrons. The summed E-state index contributed by atoms with van der Waals surface area (Å²) < 4.78 is 18.2. The molecular formula is C27H42N2O4. The number of piperidine rings is 1. The van der Waals surface area contributed by atoms with Crippen LogP contribution in [0.4, 0.5) is 4.79 Å². The Labute approximate surface area is 199 Å². The fourth-order valence-corrected chi connectivity index (χ4v) is 4.89. The molecule has 2 unspecified atom stereocenters. The first-order chi connectivity index (χ1) is 15.7. The van der Waals surface area contributed by atoms with Gasteiger partial charge in [0.1, 0.15) is 5.60 Å². The predicted octanol–water partition coefficient (Wildman–Crippen LogP) is 5.20. The Kier molecular flexibility index (Phi) is 8.96. The van der Waals surface area contributed by atoms with Crippen molar-refractivity contribution in [3.05, 3.63) is 48.6 Å². The van der Waals surface area contributed by atoms with Gasteiger partial charge in [-0.1, -0.05) is 36.4 Å². The molecule has 0 radical (unpaired) electrons. The Bertz CT molecular complexity index is 755. The minimum absolute atomic E-state index is 0.164. The molecule has 2 atom stereocenters. The second kappa shape index (κ2) is 11.5. The van der Waals surface area contributed by atoms with E-state index >= 15 is 0 Å². The van der Waals surface area contributed by atoms with Gasteiger partial charge in [0, 0.05) is 12.1 Å². The van der Waals surface area contributed by atoms with Crippen LogP contribution < -0.4 is 5.73 Å². The Hall–Kier alpha value is -1.89. The van der Waals surface area contributed by atoms with Crippen molar-refractivity contribution < 1.29 is 19.0 Å². The second-order valence-electron chi connectivity index (χ2n) is 10.5. The predicted molar refractivity (Wildman–Crippen MR) is 131 cm³/mol. The van der Waals surface area contributed by atoms with Gasteiger partial charge >= 0.3 is 6.09 Å². The molecular weight excluding hydrogens is 416 g/mol. The van der Waals surface area contributed by atoms with Crippen molar-refractivity contribution in [2.75, 3.05) is 13.2 Å². The first kappa shape index (κ1) is 25.7. The van der Waals surface area contributed by atoms with E-state index in [2.05, 4.69) is 18.7 Å². The van der Waals surface area contributed by atoms with E-state index in [1.165, 1.54) is 5.56 Å². The quantitative estimate of drug-likeness (QED) is 0.542. The fourth-order valence-electron chi connectivity index (χ4n) is 4.89. The Morgan fingerprint density at radius 3 is 2.39 bits per heavy atom. The van der Waals surface area contributed by atoms with Gasteiger partial charge in [-0.15, -0.1) is 6.58 Å². The van der Waals surface area contributed by atoms with E-state index in [0.29, 0.717) is 26.2 Å². The van der Waals surface area contributed by atoms with Crippen molar-refractivity contribution in [1.82, 2.24) is 4.90 Å². The summed E-state index contributed by atoms with van der Waals surface area (Å²) in [6.45, 7) is 11.3. The minimum atomic E-state index is -0.549. The summed E-state index contributed by atoms with van der Waals surface area (Å²) in [7, 11) is 0. The third kappa shape index (κ3) is 7.56. The zero-order chi connectivity index (χ0) is 23.9. The molecule has 2 N–H and O–H groups in total. The normalized spacial score (nSPS) is 28.4. The van der Waals surface area contributed by atoms with E-state index in [1.807, 2.05) is 45.0 Å². The zero-order valence-electron chi connectivity index (χ0n) is 20.6. The van der Waals surface area contributed by atoms with Gasteiger partial charge in [-0.2, -0.15) is 0 Å². The van der Waals surface area contributed by atoms with Crippen LogP contribution in [0, 0.1) is 0 Å². The van der Waals surface area contributed by atoms with Crippen LogP contribution in [-0.2, 0) is 20.8 Å². The highest BCUT2D eigenvalue weighted by Gasteiger charge is 2.44. The van der Waals surface area contributed by atoms with E-state index in [4.69, 9.17) is 19.9 Å². The van der Waals surface area contributed by atoms with Crippen LogP contribution in [0.2, 0.25) is 0 Å². The van der Waals surface area contributed by atoms with Gasteiger partial charge in [-0.05, 0) is 71.3 Å². The molecule has 0 aromatic heterocycles. The van der Waals surface area contributed by atoms with Gasteiger partial charge in [0.05, 0.1) is 31.5 Å². The SMILES string of the molecule is C=CCC1(N)CCCN(C(=O)OC(C)(C)C)C1COC1CCC(OCc2ccccc2)CC1. The summed E-state index contributed by atoms with van der Waals surface area (Å²) in [5.74, 6) is 0. The molecule has 1 amide bonds. The molecule has 1 aromatic rings. The van der Waals surface area contributed by atoms with Crippen molar-refractivity contribution in [3.8, 4) is 0 Å². The second-order valence-corrected chi connectivity index (χ2v) is 10.5. The number of amides is 1. The smallest absolute Gasteiger partial charge is 0.410 e. The number of carbonyl (C=O) groups excluding carboxylic acids is 1. The summed E-state index contributed by atoms with van der Waals surface area (Å²) in [5, 5.41) is 0. The minimum Gasteiger partial charge on any atom is -0.444 e. The summed E-state index contributed by atoms with van der Waals surface area (Å²) in [4.78, 5) is 14.7. The number of likely N-dealkylation sites (tertiary alicyclic amines) is 1. The number of hydrogen-bond donors (Lipinski definition) is 1. The molecule has 1 aliphatic heterocycles. The van der Waals surface area contributed by atoms with Gasteiger partial charge in [0.2, 0.25) is 0 Å². The van der Waals surface area contributed by atoms with Crippen LogP contribution in [0.3, 0.4) is 0 Å². The van der Waals surface area contributed by atoms with Crippen molar-refractivity contribution in [3.63, 3.8) is 0 Å². The number of carbonyl (C=O) groups is 1. The topological polar surface area (TPSA) is 74.0 Å². The highest BCUT2D eigenvalue weighted by Crippen LogP contribution is 2.32. The lowest BCUT2D eigenvalue weighted by Gasteiger charge is -2.48. The standard InChI is InChI=1S/C27H42N2O4/c1-5-16-27(28)17-9-18-29(25(30)33-26(2,3)4)24(27)20-32-23-14-12-22(13-15-23)31-19-21-10-7-6-8-11-21/h5-8,10-11,22-24H,1,9,12-20,28H2,2-4H3. The number of rotatable bonds is 8. The molecule has 2 fully saturated rings. The monoisotopic (exact) mass is 458 g/mol. The summed E-state index contributed by atoms with van der Waals surface area (Å²) >= 11 is 0. The Balaban J connectivity index is 1.54. The van der Waals surface area contributed by atoms with Crippen LogP contribution in [0.5, 0.6) is 0 Å². The largest absolute Gasteiger partial charge is 0.444 e. The van der Waals surface area contributed by atoms with E-state index in [0.717, 1.165) is 38.5 Å². The molecule has 1 aromatic carbocycles. The van der Waals surface area contributed by atoms with E-state index in [1.54, 1.807) is 4.90 Å². The maximum atomic E-state index is 12.9. The summed E-state index contributed by atoms with van der Waals surface area (Å²) in [6, 6.07) is 10.1. The molecule has 0 bridgehead atoms. The van der Waals surface area contributed by atoms with Gasteiger partial charge in [0.15, 0.2) is 0 Å². The van der Waals surface area contributed by atoms with Crippen molar-refractivity contribution in [2.24, 2.45) is 5.73 Å². The maximum absolute atomic E-state index is 12.9. The van der Waals surface area contributed by atoms with E-state index in [-0.39, 0.29) is 24.3 Å². The third-order valence-corrected chi connectivity index (χ3v) is 6.67. The van der Waals surface area contributed by atoms with Crippen LogP contribution in [-0.4, -0.2) is 53.5 Å². The van der Waals surface area contributed by atoms with Crippen LogP contribution >= 0.6 is 0 Å². The number of hydrogen-bond acceptors (Lipinski definition) is 5. The Morgan fingerprint density at radius 2 is 1.79 bits per heavy atom. The molecule has 1 saturated heterocycles. The van der Waals surface area contributed by atoms with Crippen molar-refractivity contribution >= 4 is 6.09 Å². The number of nitrogens with two attached hydrogens (primary N) is 1. The van der Waals surface area contributed by atoms with Crippen LogP contribution in [0.15, 0.2) is 43.0 Å². The van der Waals surface area contributed by atoms with Crippen LogP contribution in [0.1, 0.15) is 71.3 Å². The van der Waals surface area contributed by atoms with E-state index in [9.17, 15) is 4.79 Å². The highest BCUT2D eigenvalue weighted by atomic mass is 16.6. The molecule has 1 saturated carbocycles. The van der Waals surface area contributed by atoms with E-state index < -0.39 is 11.1 Å². The molecule has 1 heterocycles. The average Bonchev–Trinajstić information content (AvgIpc) is 2.77. The molecule has 0 spiro atoms. The summed E-state index contributed by atoms with van der Waals surface area (Å²) in [6.07, 6.45) is 8.18. The Morgan fingerprint density at radius 1 is 1.15 bits per heavy atom.